The van der Waals surface area contributed by atoms with Gasteiger partial charge in [0.15, 0.2) is 0 Å². The van der Waals surface area contributed by atoms with Crippen molar-refractivity contribution < 1.29 is 19.2 Å². The summed E-state index contributed by atoms with van der Waals surface area (Å²) in [5.74, 6) is -0.681. The normalized spacial score (nSPS) is 9.39. The summed E-state index contributed by atoms with van der Waals surface area (Å²) in [5.41, 5.74) is -1.11. The van der Waals surface area contributed by atoms with Gasteiger partial charge in [-0.15, -0.1) is 0 Å². The van der Waals surface area contributed by atoms with Crippen LogP contribution in [0.3, 0.4) is 0 Å². The lowest BCUT2D eigenvalue weighted by Gasteiger charge is -2.06. The topological polar surface area (TPSA) is 102 Å². The first-order chi connectivity index (χ1) is 8.54. The first-order valence-corrected chi connectivity index (χ1v) is 4.98. The Hall–Kier alpha value is -2.62. The molecule has 0 heterocycles. The molecule has 0 bridgehead atoms. The van der Waals surface area contributed by atoms with Gasteiger partial charge in [0.25, 0.3) is 0 Å². The van der Waals surface area contributed by atoms with Crippen LogP contribution in [0.15, 0.2) is 12.1 Å². The van der Waals surface area contributed by atoms with Crippen molar-refractivity contribution in [3.63, 3.8) is 0 Å². The summed E-state index contributed by atoms with van der Waals surface area (Å²) in [7, 11) is 1.33. The zero-order chi connectivity index (χ0) is 13.7. The number of hydrogen-bond donors (Lipinski definition) is 0. The molecule has 1 aromatic rings. The highest BCUT2D eigenvalue weighted by Crippen LogP contribution is 2.29. The van der Waals surface area contributed by atoms with Crippen LogP contribution in [0.4, 0.5) is 5.69 Å². The van der Waals surface area contributed by atoms with Crippen molar-refractivity contribution in [2.45, 2.75) is 6.92 Å². The van der Waals surface area contributed by atoms with E-state index >= 15 is 0 Å². The SMILES string of the molecule is CCOC(=O)c1cc(OC)cc(C#N)c1[N+](=O)[O-]. The Balaban J connectivity index is 3.50. The van der Waals surface area contributed by atoms with E-state index in [0.29, 0.717) is 0 Å². The summed E-state index contributed by atoms with van der Waals surface area (Å²) in [6.07, 6.45) is 0. The van der Waals surface area contributed by atoms with Crippen LogP contribution >= 0.6 is 0 Å². The van der Waals surface area contributed by atoms with Gasteiger partial charge in [-0.2, -0.15) is 5.26 Å². The average molecular weight is 250 g/mol. The molecule has 0 saturated carbocycles. The zero-order valence-electron chi connectivity index (χ0n) is 9.80. The maximum atomic E-state index is 11.6. The number of methoxy groups -OCH3 is 1. The molecule has 1 aromatic carbocycles. The molecule has 0 aliphatic rings. The van der Waals surface area contributed by atoms with Crippen LogP contribution in [-0.2, 0) is 4.74 Å². The summed E-state index contributed by atoms with van der Waals surface area (Å²) < 4.78 is 9.59. The summed E-state index contributed by atoms with van der Waals surface area (Å²) in [4.78, 5) is 21.7. The Labute approximate surface area is 103 Å². The molecule has 94 valence electrons. The molecule has 0 aliphatic heterocycles. The molecule has 0 spiro atoms. The van der Waals surface area contributed by atoms with Gasteiger partial charge in [0, 0.05) is 12.1 Å². The number of carbonyl (C=O) groups is 1. The van der Waals surface area contributed by atoms with E-state index in [-0.39, 0.29) is 23.5 Å². The van der Waals surface area contributed by atoms with Gasteiger partial charge in [-0.25, -0.2) is 4.79 Å². The fraction of sp³-hybridized carbons (Fsp3) is 0.273. The monoisotopic (exact) mass is 250 g/mol. The maximum Gasteiger partial charge on any atom is 0.345 e. The molecule has 0 aliphatic carbocycles. The third kappa shape index (κ3) is 2.55. The van der Waals surface area contributed by atoms with Crippen molar-refractivity contribution in [2.24, 2.45) is 0 Å². The molecule has 7 nitrogen and oxygen atoms in total. The highest BCUT2D eigenvalue weighted by Gasteiger charge is 2.27. The predicted molar refractivity (Wildman–Crippen MR) is 60.3 cm³/mol. The van der Waals surface area contributed by atoms with E-state index in [2.05, 4.69) is 0 Å². The van der Waals surface area contributed by atoms with E-state index in [1.165, 1.54) is 19.2 Å². The van der Waals surface area contributed by atoms with Crippen LogP contribution in [0.5, 0.6) is 5.75 Å². The second-order valence-electron chi connectivity index (χ2n) is 3.16. The lowest BCUT2D eigenvalue weighted by molar-refractivity contribution is -0.385. The Morgan fingerprint density at radius 3 is 2.67 bits per heavy atom. The maximum absolute atomic E-state index is 11.6. The summed E-state index contributed by atoms with van der Waals surface area (Å²) in [6, 6.07) is 4.03. The minimum absolute atomic E-state index is 0.0785. The Morgan fingerprint density at radius 2 is 2.22 bits per heavy atom. The van der Waals surface area contributed by atoms with Crippen LogP contribution in [0.2, 0.25) is 0 Å². The van der Waals surface area contributed by atoms with E-state index in [0.717, 1.165) is 0 Å². The summed E-state index contributed by atoms with van der Waals surface area (Å²) >= 11 is 0. The number of hydrogen-bond acceptors (Lipinski definition) is 6. The van der Waals surface area contributed by atoms with Crippen molar-refractivity contribution in [1.29, 1.82) is 5.26 Å². The molecular weight excluding hydrogens is 240 g/mol. The molecular formula is C11H10N2O5. The van der Waals surface area contributed by atoms with Crippen molar-refractivity contribution in [3.8, 4) is 11.8 Å². The highest BCUT2D eigenvalue weighted by atomic mass is 16.6. The molecule has 1 rings (SSSR count). The molecule has 18 heavy (non-hydrogen) atoms. The van der Waals surface area contributed by atoms with Gasteiger partial charge in [0.05, 0.1) is 18.6 Å². The van der Waals surface area contributed by atoms with Crippen molar-refractivity contribution >= 4 is 11.7 Å². The molecule has 0 radical (unpaired) electrons. The fourth-order valence-corrected chi connectivity index (χ4v) is 1.37. The fourth-order valence-electron chi connectivity index (χ4n) is 1.37. The van der Waals surface area contributed by atoms with Gasteiger partial charge in [-0.05, 0) is 6.92 Å². The van der Waals surface area contributed by atoms with E-state index in [1.54, 1.807) is 13.0 Å². The molecule has 0 N–H and O–H groups in total. The van der Waals surface area contributed by atoms with E-state index in [9.17, 15) is 14.9 Å². The molecule has 0 saturated heterocycles. The number of carbonyl (C=O) groups excluding carboxylic acids is 1. The van der Waals surface area contributed by atoms with E-state index in [4.69, 9.17) is 14.7 Å². The predicted octanol–water partition coefficient (Wildman–Crippen LogP) is 1.65. The van der Waals surface area contributed by atoms with Gasteiger partial charge in [-0.3, -0.25) is 10.1 Å². The summed E-state index contributed by atoms with van der Waals surface area (Å²) in [5, 5.41) is 19.8. The number of nitrogens with zero attached hydrogens (tertiary/aromatic N) is 2. The highest BCUT2D eigenvalue weighted by molar-refractivity contribution is 5.95. The largest absolute Gasteiger partial charge is 0.497 e. The van der Waals surface area contributed by atoms with E-state index in [1.807, 2.05) is 0 Å². The molecule has 7 heteroatoms. The first-order valence-electron chi connectivity index (χ1n) is 4.98. The molecule has 0 aromatic heterocycles. The number of nitriles is 1. The number of benzene rings is 1. The van der Waals surface area contributed by atoms with E-state index < -0.39 is 16.6 Å². The van der Waals surface area contributed by atoms with Crippen LogP contribution in [0, 0.1) is 21.4 Å². The van der Waals surface area contributed by atoms with Crippen molar-refractivity contribution in [2.75, 3.05) is 13.7 Å². The lowest BCUT2D eigenvalue weighted by Crippen LogP contribution is -2.09. The Kier molecular flexibility index (Phi) is 4.21. The lowest BCUT2D eigenvalue weighted by atomic mass is 10.1. The molecule has 0 unspecified atom stereocenters. The van der Waals surface area contributed by atoms with Gasteiger partial charge in [0.2, 0.25) is 0 Å². The number of ether oxygens (including phenoxy) is 2. The van der Waals surface area contributed by atoms with Crippen LogP contribution in [-0.4, -0.2) is 24.6 Å². The Morgan fingerprint density at radius 1 is 1.56 bits per heavy atom. The zero-order valence-corrected chi connectivity index (χ0v) is 9.80. The van der Waals surface area contributed by atoms with Crippen molar-refractivity contribution in [3.05, 3.63) is 33.4 Å². The standard InChI is InChI=1S/C11H10N2O5/c1-3-18-11(14)9-5-8(17-2)4-7(6-12)10(9)13(15)16/h4-5H,3H2,1-2H3. The van der Waals surface area contributed by atoms with Crippen LogP contribution in [0.25, 0.3) is 0 Å². The quantitative estimate of drug-likeness (QED) is 0.457. The van der Waals surface area contributed by atoms with Gasteiger partial charge in [-0.1, -0.05) is 0 Å². The van der Waals surface area contributed by atoms with Crippen LogP contribution < -0.4 is 4.74 Å². The van der Waals surface area contributed by atoms with Gasteiger partial charge in [0.1, 0.15) is 22.9 Å². The second-order valence-corrected chi connectivity index (χ2v) is 3.16. The molecule has 0 fully saturated rings. The third-order valence-electron chi connectivity index (χ3n) is 2.12. The number of esters is 1. The third-order valence-corrected chi connectivity index (χ3v) is 2.12. The van der Waals surface area contributed by atoms with Crippen molar-refractivity contribution in [1.82, 2.24) is 0 Å². The smallest absolute Gasteiger partial charge is 0.345 e. The average Bonchev–Trinajstić information content (AvgIpc) is 2.36. The minimum atomic E-state index is -0.861. The van der Waals surface area contributed by atoms with Gasteiger partial charge < -0.3 is 9.47 Å². The summed E-state index contributed by atoms with van der Waals surface area (Å²) in [6.45, 7) is 1.66. The second kappa shape index (κ2) is 5.63. The Bertz CT molecular complexity index is 533. The number of nitro benzene ring substituents is 1. The molecule has 0 atom stereocenters. The van der Waals surface area contributed by atoms with Crippen LogP contribution in [0.1, 0.15) is 22.8 Å². The first kappa shape index (κ1) is 13.4. The number of rotatable bonds is 4. The molecule has 0 amide bonds. The van der Waals surface area contributed by atoms with Gasteiger partial charge >= 0.3 is 11.7 Å². The minimum Gasteiger partial charge on any atom is -0.497 e. The number of nitro groups is 1.